The zero-order chi connectivity index (χ0) is 28.2. The minimum absolute atomic E-state index is 0.0275. The van der Waals surface area contributed by atoms with Gasteiger partial charge in [0.25, 0.3) is 0 Å². The van der Waals surface area contributed by atoms with Crippen LogP contribution in [0.2, 0.25) is 0 Å². The van der Waals surface area contributed by atoms with Crippen molar-refractivity contribution in [2.75, 3.05) is 18.4 Å². The van der Waals surface area contributed by atoms with Gasteiger partial charge in [0.2, 0.25) is 10.0 Å². The van der Waals surface area contributed by atoms with E-state index in [0.29, 0.717) is 24.4 Å². The summed E-state index contributed by atoms with van der Waals surface area (Å²) in [6, 6.07) is 13.0. The fourth-order valence-electron chi connectivity index (χ4n) is 5.36. The average Bonchev–Trinajstić information content (AvgIpc) is 3.71. The third kappa shape index (κ3) is 5.12. The molecule has 2 aromatic heterocycles. The van der Waals surface area contributed by atoms with Crippen LogP contribution in [-0.4, -0.2) is 46.5 Å². The molecule has 0 atom stereocenters. The molecular formula is C28H27BrF3N5O2S. The van der Waals surface area contributed by atoms with Crippen molar-refractivity contribution in [3.8, 4) is 11.3 Å². The molecule has 40 heavy (non-hydrogen) atoms. The van der Waals surface area contributed by atoms with E-state index in [1.54, 1.807) is 10.7 Å². The number of nitrogens with zero attached hydrogens (tertiary/aromatic N) is 4. The van der Waals surface area contributed by atoms with Crippen LogP contribution in [0, 0.1) is 6.92 Å². The predicted octanol–water partition coefficient (Wildman–Crippen LogP) is 6.63. The first-order valence-corrected chi connectivity index (χ1v) is 15.3. The lowest BCUT2D eigenvalue weighted by molar-refractivity contribution is -0.137. The van der Waals surface area contributed by atoms with E-state index in [1.807, 2.05) is 12.1 Å². The molecule has 0 unspecified atom stereocenters. The molecule has 3 heterocycles. The Morgan fingerprint density at radius 3 is 2.42 bits per heavy atom. The normalized spacial score (nSPS) is 17.4. The molecule has 210 valence electrons. The van der Waals surface area contributed by atoms with Crippen molar-refractivity contribution in [1.82, 2.24) is 18.9 Å². The standard InChI is InChI=1S/C28H27BrF3N5O2S/c1-17-14-19(28(30,31)32)8-9-25(17)40(38,39)36-12-10-20(11-13-36)34-26-15-24(35-27-23(29)16-33-37(26)27)22-5-3-2-4-21(22)18-6-7-18/h2-5,8-9,14-16,18,20,34H,6-7,10-13H2,1H3. The maximum atomic E-state index is 13.3. The van der Waals surface area contributed by atoms with Crippen molar-refractivity contribution >= 4 is 37.4 Å². The molecule has 1 aliphatic carbocycles. The van der Waals surface area contributed by atoms with Gasteiger partial charge in [0.1, 0.15) is 5.82 Å². The molecular weight excluding hydrogens is 607 g/mol. The largest absolute Gasteiger partial charge is 0.416 e. The molecule has 0 bridgehead atoms. The number of aryl methyl sites for hydroxylation is 1. The van der Waals surface area contributed by atoms with Crippen LogP contribution in [0.25, 0.3) is 16.9 Å². The number of piperidine rings is 1. The summed E-state index contributed by atoms with van der Waals surface area (Å²) in [5, 5.41) is 8.03. The Morgan fingerprint density at radius 2 is 1.75 bits per heavy atom. The lowest BCUT2D eigenvalue weighted by atomic mass is 10.0. The van der Waals surface area contributed by atoms with Gasteiger partial charge in [-0.15, -0.1) is 0 Å². The van der Waals surface area contributed by atoms with Gasteiger partial charge < -0.3 is 5.32 Å². The number of hydrogen-bond donors (Lipinski definition) is 1. The second-order valence-electron chi connectivity index (χ2n) is 10.4. The van der Waals surface area contributed by atoms with Crippen molar-refractivity contribution in [2.45, 2.75) is 55.6 Å². The summed E-state index contributed by atoms with van der Waals surface area (Å²) in [7, 11) is -3.93. The molecule has 2 aliphatic rings. The van der Waals surface area contributed by atoms with Crippen molar-refractivity contribution < 1.29 is 21.6 Å². The zero-order valence-electron chi connectivity index (χ0n) is 21.6. The van der Waals surface area contributed by atoms with E-state index in [9.17, 15) is 21.6 Å². The highest BCUT2D eigenvalue weighted by molar-refractivity contribution is 9.10. The van der Waals surface area contributed by atoms with E-state index in [4.69, 9.17) is 4.98 Å². The van der Waals surface area contributed by atoms with Crippen LogP contribution in [0.1, 0.15) is 48.3 Å². The first-order chi connectivity index (χ1) is 19.0. The Morgan fingerprint density at radius 1 is 1.02 bits per heavy atom. The van der Waals surface area contributed by atoms with Gasteiger partial charge >= 0.3 is 6.18 Å². The Bertz CT molecular complexity index is 1690. The molecule has 4 aromatic rings. The molecule has 6 rings (SSSR count). The first-order valence-electron chi connectivity index (χ1n) is 13.1. The van der Waals surface area contributed by atoms with Crippen LogP contribution in [0.15, 0.2) is 64.1 Å². The SMILES string of the molecule is Cc1cc(C(F)(F)F)ccc1S(=O)(=O)N1CCC(Nc2cc(-c3ccccc3C3CC3)nc3c(Br)cnn23)CC1. The van der Waals surface area contributed by atoms with Crippen LogP contribution in [-0.2, 0) is 16.2 Å². The minimum Gasteiger partial charge on any atom is -0.367 e. The molecule has 0 spiro atoms. The molecule has 1 saturated heterocycles. The summed E-state index contributed by atoms with van der Waals surface area (Å²) < 4.78 is 69.7. The Hall–Kier alpha value is -2.96. The van der Waals surface area contributed by atoms with Gasteiger partial charge in [0.15, 0.2) is 5.65 Å². The molecule has 12 heteroatoms. The molecule has 1 saturated carbocycles. The summed E-state index contributed by atoms with van der Waals surface area (Å²) in [5.74, 6) is 1.31. The highest BCUT2D eigenvalue weighted by Gasteiger charge is 2.34. The van der Waals surface area contributed by atoms with E-state index in [-0.39, 0.29) is 29.6 Å². The second-order valence-corrected chi connectivity index (χ2v) is 13.2. The number of sulfonamides is 1. The van der Waals surface area contributed by atoms with Gasteiger partial charge in [-0.1, -0.05) is 24.3 Å². The third-order valence-corrected chi connectivity index (χ3v) is 10.2. The van der Waals surface area contributed by atoms with Gasteiger partial charge in [-0.3, -0.25) is 0 Å². The van der Waals surface area contributed by atoms with E-state index < -0.39 is 21.8 Å². The van der Waals surface area contributed by atoms with E-state index in [0.717, 1.165) is 39.7 Å². The zero-order valence-corrected chi connectivity index (χ0v) is 24.0. The number of alkyl halides is 3. The van der Waals surface area contributed by atoms with Crippen molar-refractivity contribution in [2.24, 2.45) is 0 Å². The maximum absolute atomic E-state index is 13.3. The van der Waals surface area contributed by atoms with Crippen LogP contribution in [0.5, 0.6) is 0 Å². The molecule has 2 fully saturated rings. The van der Waals surface area contributed by atoms with Gasteiger partial charge in [-0.25, -0.2) is 13.4 Å². The second kappa shape index (κ2) is 10.1. The van der Waals surface area contributed by atoms with Crippen LogP contribution in [0.4, 0.5) is 19.0 Å². The molecule has 7 nitrogen and oxygen atoms in total. The van der Waals surface area contributed by atoms with Crippen LogP contribution >= 0.6 is 15.9 Å². The molecule has 2 aromatic carbocycles. The number of hydrogen-bond acceptors (Lipinski definition) is 5. The van der Waals surface area contributed by atoms with Gasteiger partial charge in [-0.2, -0.15) is 27.1 Å². The fraction of sp³-hybridized carbons (Fsp3) is 0.357. The van der Waals surface area contributed by atoms with Crippen molar-refractivity contribution in [3.05, 3.63) is 75.9 Å². The lowest BCUT2D eigenvalue weighted by Gasteiger charge is -2.32. The highest BCUT2D eigenvalue weighted by Crippen LogP contribution is 2.44. The van der Waals surface area contributed by atoms with Crippen molar-refractivity contribution in [1.29, 1.82) is 0 Å². The van der Waals surface area contributed by atoms with Crippen LogP contribution in [0.3, 0.4) is 0 Å². The Balaban J connectivity index is 1.22. The summed E-state index contributed by atoms with van der Waals surface area (Å²) >= 11 is 3.56. The van der Waals surface area contributed by atoms with Gasteiger partial charge in [0.05, 0.1) is 26.8 Å². The van der Waals surface area contributed by atoms with Crippen molar-refractivity contribution in [3.63, 3.8) is 0 Å². The number of rotatable bonds is 6. The predicted molar refractivity (Wildman–Crippen MR) is 150 cm³/mol. The molecule has 0 amide bonds. The molecule has 1 aliphatic heterocycles. The van der Waals surface area contributed by atoms with Gasteiger partial charge in [-0.05, 0) is 83.8 Å². The van der Waals surface area contributed by atoms with Crippen LogP contribution < -0.4 is 5.32 Å². The summed E-state index contributed by atoms with van der Waals surface area (Å²) in [6.45, 7) is 1.88. The Labute approximate surface area is 238 Å². The number of benzene rings is 2. The number of fused-ring (bicyclic) bond motifs is 1. The Kier molecular flexibility index (Phi) is 6.90. The highest BCUT2D eigenvalue weighted by atomic mass is 79.9. The maximum Gasteiger partial charge on any atom is 0.416 e. The minimum atomic E-state index is -4.53. The topological polar surface area (TPSA) is 79.6 Å². The van der Waals surface area contributed by atoms with Gasteiger partial charge in [0, 0.05) is 30.8 Å². The smallest absolute Gasteiger partial charge is 0.367 e. The van der Waals surface area contributed by atoms with E-state index >= 15 is 0 Å². The number of aromatic nitrogens is 3. The first kappa shape index (κ1) is 27.2. The molecule has 1 N–H and O–H groups in total. The fourth-order valence-corrected chi connectivity index (χ4v) is 7.39. The van der Waals surface area contributed by atoms with E-state index in [2.05, 4.69) is 44.5 Å². The number of halogens is 4. The lowest BCUT2D eigenvalue weighted by Crippen LogP contribution is -2.42. The average molecular weight is 635 g/mol. The third-order valence-electron chi connectivity index (χ3n) is 7.61. The summed E-state index contributed by atoms with van der Waals surface area (Å²) in [4.78, 5) is 4.80. The summed E-state index contributed by atoms with van der Waals surface area (Å²) in [6.07, 6.45) is 0.575. The molecule has 0 radical (unpaired) electrons. The number of anilines is 1. The quantitative estimate of drug-likeness (QED) is 0.258. The number of nitrogens with one attached hydrogen (secondary N) is 1. The summed E-state index contributed by atoms with van der Waals surface area (Å²) in [5.41, 5.74) is 3.13. The monoisotopic (exact) mass is 633 g/mol. The van der Waals surface area contributed by atoms with E-state index in [1.165, 1.54) is 29.6 Å².